The number of nitrogens with one attached hydrogen (secondary N) is 3. The summed E-state index contributed by atoms with van der Waals surface area (Å²) in [6, 6.07) is 5.74. The smallest absolute Gasteiger partial charge is 0.318 e. The Morgan fingerprint density at radius 2 is 2.00 bits per heavy atom. The molecule has 3 N–H and O–H groups in total. The van der Waals surface area contributed by atoms with Crippen LogP contribution in [0.5, 0.6) is 0 Å². The summed E-state index contributed by atoms with van der Waals surface area (Å²) in [6.07, 6.45) is 3.96. The van der Waals surface area contributed by atoms with Gasteiger partial charge in [0.25, 0.3) is 0 Å². The Hall–Kier alpha value is -3.99. The number of hydrogen-bond donors (Lipinski definition) is 3. The number of benzene rings is 2. The summed E-state index contributed by atoms with van der Waals surface area (Å²) in [5, 5.41) is 5.46. The van der Waals surface area contributed by atoms with E-state index in [-0.39, 0.29) is 42.3 Å². The number of fused-ring (bicyclic) bond motifs is 4. The van der Waals surface area contributed by atoms with Crippen LogP contribution in [0.3, 0.4) is 0 Å². The summed E-state index contributed by atoms with van der Waals surface area (Å²) in [5.41, 5.74) is 2.26. The predicted molar refractivity (Wildman–Crippen MR) is 144 cm³/mol. The predicted octanol–water partition coefficient (Wildman–Crippen LogP) is 5.43. The highest BCUT2D eigenvalue weighted by atomic mass is 35.5. The average Bonchev–Trinajstić information content (AvgIpc) is 3.41. The van der Waals surface area contributed by atoms with Gasteiger partial charge in [0.1, 0.15) is 17.5 Å². The molecule has 1 aromatic heterocycles. The second kappa shape index (κ2) is 11.6. The number of aromatic amines is 1. The van der Waals surface area contributed by atoms with Gasteiger partial charge in [0.2, 0.25) is 5.91 Å². The Morgan fingerprint density at radius 3 is 2.77 bits per heavy atom. The molecule has 3 heterocycles. The normalized spacial score (nSPS) is 19.6. The first-order chi connectivity index (χ1) is 19.2. The van der Waals surface area contributed by atoms with Gasteiger partial charge in [-0.15, -0.1) is 0 Å². The number of H-pyrrole nitrogens is 1. The molecule has 9 nitrogen and oxygen atoms in total. The van der Waals surface area contributed by atoms with E-state index in [9.17, 15) is 23.2 Å². The molecule has 2 aromatic carbocycles. The molecular formula is C28H28ClF2N5O4. The number of carbonyl (C=O) groups is 3. The summed E-state index contributed by atoms with van der Waals surface area (Å²) in [5.74, 6) is -1.66. The Kier molecular flexibility index (Phi) is 8.02. The molecule has 0 aliphatic carbocycles. The van der Waals surface area contributed by atoms with Gasteiger partial charge in [-0.25, -0.2) is 18.6 Å². The Balaban J connectivity index is 1.43. The summed E-state index contributed by atoms with van der Waals surface area (Å²) in [7, 11) is 1.32. The van der Waals surface area contributed by atoms with Crippen molar-refractivity contribution in [2.75, 3.05) is 19.0 Å². The fourth-order valence-corrected chi connectivity index (χ4v) is 5.41. The number of nitrogens with zero attached hydrogens (tertiary/aromatic N) is 2. The third-order valence-corrected chi connectivity index (χ3v) is 7.58. The van der Waals surface area contributed by atoms with E-state index in [2.05, 4.69) is 20.6 Å². The maximum Gasteiger partial charge on any atom is 0.318 e. The number of rotatable bonds is 4. The van der Waals surface area contributed by atoms with Gasteiger partial charge >= 0.3 is 12.0 Å². The molecule has 2 atom stereocenters. The maximum atomic E-state index is 14.6. The van der Waals surface area contributed by atoms with Crippen LogP contribution in [-0.4, -0.2) is 46.4 Å². The summed E-state index contributed by atoms with van der Waals surface area (Å²) < 4.78 is 33.9. The second-order valence-electron chi connectivity index (χ2n) is 9.87. The molecule has 12 heteroatoms. The van der Waals surface area contributed by atoms with Crippen molar-refractivity contribution in [2.24, 2.45) is 0 Å². The zero-order valence-corrected chi connectivity index (χ0v) is 22.5. The molecule has 0 radical (unpaired) electrons. The van der Waals surface area contributed by atoms with E-state index in [1.165, 1.54) is 7.11 Å². The standard InChI is InChI=1S/C28H28ClF2N5O4/c1-40-24(38)13-15-6-7-16-20(12-15)33-23(37)5-3-2-4-22(27-32-14-21(16)34-27)36-11-10-19(35-28(36)39)25-18(30)9-8-17(29)26(25)31/h6-9,12,14,19,22H,2-5,10-11,13H2,1H3,(H,32,34)(H,33,37)(H,35,39)/t19?,22-/m0/s1. The van der Waals surface area contributed by atoms with Gasteiger partial charge in [0.05, 0.1) is 48.2 Å². The van der Waals surface area contributed by atoms with Crippen LogP contribution in [0.2, 0.25) is 5.02 Å². The maximum absolute atomic E-state index is 14.6. The van der Waals surface area contributed by atoms with Crippen molar-refractivity contribution >= 4 is 35.2 Å². The minimum atomic E-state index is -0.881. The van der Waals surface area contributed by atoms with Gasteiger partial charge in [-0.2, -0.15) is 0 Å². The number of esters is 1. The lowest BCUT2D eigenvalue weighted by molar-refractivity contribution is -0.139. The number of urea groups is 1. The zero-order valence-electron chi connectivity index (χ0n) is 21.7. The van der Waals surface area contributed by atoms with Crippen molar-refractivity contribution in [2.45, 2.75) is 50.6 Å². The molecule has 2 bridgehead atoms. The second-order valence-corrected chi connectivity index (χ2v) is 10.3. The fourth-order valence-electron chi connectivity index (χ4n) is 5.25. The van der Waals surface area contributed by atoms with E-state index in [0.29, 0.717) is 47.6 Å². The van der Waals surface area contributed by atoms with Gasteiger partial charge in [-0.3, -0.25) is 9.59 Å². The third kappa shape index (κ3) is 5.65. The first kappa shape index (κ1) is 27.6. The highest BCUT2D eigenvalue weighted by Crippen LogP contribution is 2.36. The molecule has 3 aromatic rings. The number of imidazole rings is 1. The third-order valence-electron chi connectivity index (χ3n) is 7.29. The molecule has 40 heavy (non-hydrogen) atoms. The number of ether oxygens (including phenoxy) is 1. The molecule has 2 aliphatic heterocycles. The quantitative estimate of drug-likeness (QED) is 0.285. The largest absolute Gasteiger partial charge is 0.469 e. The number of anilines is 1. The molecule has 210 valence electrons. The van der Waals surface area contributed by atoms with Crippen molar-refractivity contribution in [1.82, 2.24) is 20.2 Å². The Morgan fingerprint density at radius 1 is 1.18 bits per heavy atom. The Bertz CT molecular complexity index is 1460. The first-order valence-electron chi connectivity index (χ1n) is 13.0. The molecule has 1 fully saturated rings. The lowest BCUT2D eigenvalue weighted by atomic mass is 9.98. The van der Waals surface area contributed by atoms with Crippen LogP contribution in [0.1, 0.15) is 61.1 Å². The van der Waals surface area contributed by atoms with E-state index in [4.69, 9.17) is 16.3 Å². The van der Waals surface area contributed by atoms with Gasteiger partial charge in [0.15, 0.2) is 0 Å². The lowest BCUT2D eigenvalue weighted by Gasteiger charge is -2.38. The van der Waals surface area contributed by atoms with E-state index in [1.807, 2.05) is 0 Å². The van der Waals surface area contributed by atoms with Crippen molar-refractivity contribution in [3.63, 3.8) is 0 Å². The first-order valence-corrected chi connectivity index (χ1v) is 13.4. The molecular weight excluding hydrogens is 544 g/mol. The number of methoxy groups -OCH3 is 1. The summed E-state index contributed by atoms with van der Waals surface area (Å²) >= 11 is 5.86. The molecule has 0 saturated carbocycles. The minimum absolute atomic E-state index is 0.0595. The van der Waals surface area contributed by atoms with Gasteiger partial charge in [-0.1, -0.05) is 30.2 Å². The van der Waals surface area contributed by atoms with Crippen LogP contribution < -0.4 is 10.6 Å². The van der Waals surface area contributed by atoms with E-state index < -0.39 is 35.7 Å². The van der Waals surface area contributed by atoms with Crippen molar-refractivity contribution < 1.29 is 27.9 Å². The number of halogens is 3. The molecule has 3 amide bonds. The molecule has 1 saturated heterocycles. The van der Waals surface area contributed by atoms with Crippen LogP contribution in [0.25, 0.3) is 11.3 Å². The highest BCUT2D eigenvalue weighted by molar-refractivity contribution is 6.30. The zero-order chi connectivity index (χ0) is 28.4. The van der Waals surface area contributed by atoms with Crippen LogP contribution in [0.4, 0.5) is 19.3 Å². The van der Waals surface area contributed by atoms with Gasteiger partial charge < -0.3 is 25.3 Å². The number of aromatic nitrogens is 2. The van der Waals surface area contributed by atoms with Crippen molar-refractivity contribution in [1.29, 1.82) is 0 Å². The SMILES string of the molecule is COC(=O)Cc1ccc2c(c1)NC(=O)CCCC[C@H](N1CCC(c3c(F)ccc(Cl)c3F)NC1=O)c1ncc-2[nH]1. The topological polar surface area (TPSA) is 116 Å². The lowest BCUT2D eigenvalue weighted by Crippen LogP contribution is -2.50. The van der Waals surface area contributed by atoms with Crippen LogP contribution >= 0.6 is 11.6 Å². The van der Waals surface area contributed by atoms with Crippen molar-refractivity contribution in [3.8, 4) is 11.3 Å². The Labute approximate surface area is 234 Å². The van der Waals surface area contributed by atoms with E-state index >= 15 is 0 Å². The van der Waals surface area contributed by atoms with Crippen LogP contribution in [0, 0.1) is 11.6 Å². The molecule has 5 rings (SSSR count). The van der Waals surface area contributed by atoms with Crippen molar-refractivity contribution in [3.05, 3.63) is 70.1 Å². The minimum Gasteiger partial charge on any atom is -0.469 e. The summed E-state index contributed by atoms with van der Waals surface area (Å²) in [4.78, 5) is 47.2. The van der Waals surface area contributed by atoms with E-state index in [0.717, 1.165) is 12.1 Å². The molecule has 0 spiro atoms. The fraction of sp³-hybridized carbons (Fsp3) is 0.357. The van der Waals surface area contributed by atoms with Gasteiger partial charge in [0, 0.05) is 24.1 Å². The van der Waals surface area contributed by atoms with Gasteiger partial charge in [-0.05, 0) is 43.0 Å². The molecule has 1 unspecified atom stereocenters. The molecule has 2 aliphatic rings. The monoisotopic (exact) mass is 571 g/mol. The number of carbonyl (C=O) groups excluding carboxylic acids is 3. The van der Waals surface area contributed by atoms with E-state index in [1.54, 1.807) is 29.3 Å². The van der Waals surface area contributed by atoms with Crippen LogP contribution in [-0.2, 0) is 20.7 Å². The average molecular weight is 572 g/mol. The number of hydrogen-bond acceptors (Lipinski definition) is 5. The highest BCUT2D eigenvalue weighted by Gasteiger charge is 2.35. The summed E-state index contributed by atoms with van der Waals surface area (Å²) in [6.45, 7) is 0.233. The number of amides is 3. The van der Waals surface area contributed by atoms with Crippen LogP contribution in [0.15, 0.2) is 36.5 Å².